The van der Waals surface area contributed by atoms with Crippen molar-refractivity contribution in [2.45, 2.75) is 12.0 Å². The zero-order valence-electron chi connectivity index (χ0n) is 13.1. The van der Waals surface area contributed by atoms with E-state index >= 15 is 0 Å². The molecule has 0 aromatic carbocycles. The molecule has 9 heteroatoms. The molecule has 0 amide bonds. The Morgan fingerprint density at radius 2 is 2.38 bits per heavy atom. The van der Waals surface area contributed by atoms with Crippen LogP contribution in [-0.2, 0) is 4.74 Å². The van der Waals surface area contributed by atoms with Crippen LogP contribution in [0, 0.1) is 5.92 Å². The normalized spacial score (nSPS) is 26.0. The summed E-state index contributed by atoms with van der Waals surface area (Å²) in [6.45, 7) is 6.26. The van der Waals surface area contributed by atoms with Crippen molar-refractivity contribution in [1.29, 1.82) is 0 Å². The summed E-state index contributed by atoms with van der Waals surface area (Å²) in [4.78, 5) is 16.8. The molecule has 2 aromatic rings. The lowest BCUT2D eigenvalue weighted by Gasteiger charge is -2.38. The Hall–Kier alpha value is -2.81. The number of nitrogens with zero attached hydrogens (tertiary/aromatic N) is 6. The van der Waals surface area contributed by atoms with E-state index in [-0.39, 0.29) is 11.5 Å². The van der Waals surface area contributed by atoms with Gasteiger partial charge in [-0.25, -0.2) is 24.6 Å². The van der Waals surface area contributed by atoms with Crippen LogP contribution in [0.5, 0.6) is 0 Å². The third-order valence-corrected chi connectivity index (χ3v) is 4.35. The first-order chi connectivity index (χ1) is 11.8. The highest BCUT2D eigenvalue weighted by Crippen LogP contribution is 2.32. The summed E-state index contributed by atoms with van der Waals surface area (Å²) in [5.74, 6) is 1.48. The van der Waals surface area contributed by atoms with E-state index in [4.69, 9.17) is 4.74 Å². The number of anilines is 1. The van der Waals surface area contributed by atoms with Gasteiger partial charge in [-0.2, -0.15) is 5.10 Å². The van der Waals surface area contributed by atoms with Crippen molar-refractivity contribution >= 4 is 11.8 Å². The topological polar surface area (TPSA) is 102 Å². The average molecular weight is 326 g/mol. The Labute approximate surface area is 138 Å². The molecule has 2 aromatic heterocycles. The number of nitrogens with one attached hydrogen (secondary N) is 2. The standard InChI is InChI=1S/C15H18N8O/c1-2-11-3-4-16-6-15(11)7-18-14(24-15)22-12-5-13(20-9-19-12)23-10-17-8-21-23/h2,5,8-11,16H,1,3-4,6-7H2,(H,18,19,20,22)/t11-,15+/m0/s1. The van der Waals surface area contributed by atoms with Crippen molar-refractivity contribution in [2.75, 3.05) is 25.0 Å². The number of ether oxygens (including phenoxy) is 1. The van der Waals surface area contributed by atoms with Crippen LogP contribution < -0.4 is 10.6 Å². The van der Waals surface area contributed by atoms with Gasteiger partial charge in [-0.05, 0) is 13.0 Å². The van der Waals surface area contributed by atoms with Crippen LogP contribution in [0.1, 0.15) is 6.42 Å². The minimum Gasteiger partial charge on any atom is -0.454 e. The number of aliphatic imine (C=N–C) groups is 1. The molecule has 2 atom stereocenters. The summed E-state index contributed by atoms with van der Waals surface area (Å²) in [5.41, 5.74) is -0.357. The number of amidine groups is 1. The quantitative estimate of drug-likeness (QED) is 0.787. The third kappa shape index (κ3) is 2.62. The van der Waals surface area contributed by atoms with Crippen molar-refractivity contribution in [3.8, 4) is 5.82 Å². The van der Waals surface area contributed by atoms with Crippen LogP contribution in [0.25, 0.3) is 5.82 Å². The molecule has 4 rings (SSSR count). The highest BCUT2D eigenvalue weighted by molar-refractivity contribution is 5.89. The van der Waals surface area contributed by atoms with Crippen LogP contribution in [0.3, 0.4) is 0 Å². The van der Waals surface area contributed by atoms with E-state index in [0.717, 1.165) is 19.5 Å². The van der Waals surface area contributed by atoms with E-state index in [1.54, 1.807) is 17.1 Å². The van der Waals surface area contributed by atoms with E-state index in [1.165, 1.54) is 12.7 Å². The molecule has 1 saturated heterocycles. The average Bonchev–Trinajstić information content (AvgIpc) is 3.27. The second-order valence-corrected chi connectivity index (χ2v) is 5.82. The Bertz CT molecular complexity index is 759. The van der Waals surface area contributed by atoms with Gasteiger partial charge in [0.15, 0.2) is 11.4 Å². The molecular formula is C15H18N8O. The van der Waals surface area contributed by atoms with Crippen molar-refractivity contribution in [3.05, 3.63) is 37.7 Å². The van der Waals surface area contributed by atoms with E-state index in [2.05, 4.69) is 42.3 Å². The molecule has 2 aliphatic heterocycles. The monoisotopic (exact) mass is 326 g/mol. The zero-order valence-corrected chi connectivity index (χ0v) is 13.1. The molecule has 0 radical (unpaired) electrons. The highest BCUT2D eigenvalue weighted by Gasteiger charge is 2.45. The van der Waals surface area contributed by atoms with Crippen molar-refractivity contribution in [3.63, 3.8) is 0 Å². The number of hydrogen-bond acceptors (Lipinski definition) is 8. The Morgan fingerprint density at radius 3 is 3.21 bits per heavy atom. The first-order valence-electron chi connectivity index (χ1n) is 7.80. The number of piperidine rings is 1. The van der Waals surface area contributed by atoms with Crippen molar-refractivity contribution in [1.82, 2.24) is 30.0 Å². The van der Waals surface area contributed by atoms with Crippen LogP contribution in [0.15, 0.2) is 42.7 Å². The number of rotatable bonds is 3. The number of aromatic nitrogens is 5. The zero-order chi connectivity index (χ0) is 16.4. The molecule has 4 heterocycles. The second kappa shape index (κ2) is 6.00. The summed E-state index contributed by atoms with van der Waals surface area (Å²) >= 11 is 0. The maximum absolute atomic E-state index is 6.14. The lowest BCUT2D eigenvalue weighted by atomic mass is 9.82. The highest BCUT2D eigenvalue weighted by atomic mass is 16.5. The summed E-state index contributed by atoms with van der Waals surface area (Å²) in [6, 6.07) is 2.23. The van der Waals surface area contributed by atoms with E-state index in [1.807, 2.05) is 6.08 Å². The summed E-state index contributed by atoms with van der Waals surface area (Å²) in [7, 11) is 0. The Morgan fingerprint density at radius 1 is 1.42 bits per heavy atom. The summed E-state index contributed by atoms with van der Waals surface area (Å²) < 4.78 is 7.70. The fourth-order valence-corrected chi connectivity index (χ4v) is 3.07. The van der Waals surface area contributed by atoms with E-state index < -0.39 is 0 Å². The van der Waals surface area contributed by atoms with Gasteiger partial charge >= 0.3 is 0 Å². The minimum atomic E-state index is -0.357. The molecule has 0 unspecified atom stereocenters. The van der Waals surface area contributed by atoms with E-state index in [9.17, 15) is 0 Å². The first-order valence-corrected chi connectivity index (χ1v) is 7.80. The van der Waals surface area contributed by atoms with Gasteiger partial charge in [-0.3, -0.25) is 5.32 Å². The first kappa shape index (κ1) is 14.8. The summed E-state index contributed by atoms with van der Waals surface area (Å²) in [5, 5.41) is 10.5. The molecule has 1 spiro atoms. The lowest BCUT2D eigenvalue weighted by molar-refractivity contribution is 0.0234. The van der Waals surface area contributed by atoms with Gasteiger partial charge in [0, 0.05) is 18.5 Å². The molecule has 0 bridgehead atoms. The Kier molecular flexibility index (Phi) is 3.69. The maximum atomic E-state index is 6.14. The predicted octanol–water partition coefficient (Wildman–Crippen LogP) is 0.390. The fourth-order valence-electron chi connectivity index (χ4n) is 3.07. The Balaban J connectivity index is 1.49. The maximum Gasteiger partial charge on any atom is 0.291 e. The van der Waals surface area contributed by atoms with Crippen LogP contribution >= 0.6 is 0 Å². The SMILES string of the molecule is C=C[C@H]1CCNC[C@@]12CN=C(Nc1cc(-n3cncn3)ncn1)O2. The fraction of sp³-hybridized carbons (Fsp3) is 0.400. The predicted molar refractivity (Wildman–Crippen MR) is 87.9 cm³/mol. The smallest absolute Gasteiger partial charge is 0.291 e. The molecule has 2 aliphatic rings. The summed E-state index contributed by atoms with van der Waals surface area (Å²) in [6.07, 6.45) is 7.45. The van der Waals surface area contributed by atoms with Gasteiger partial charge in [0.2, 0.25) is 0 Å². The van der Waals surface area contributed by atoms with Crippen LogP contribution in [0.2, 0.25) is 0 Å². The molecule has 24 heavy (non-hydrogen) atoms. The van der Waals surface area contributed by atoms with Gasteiger partial charge in [-0.15, -0.1) is 6.58 Å². The molecule has 0 aliphatic carbocycles. The van der Waals surface area contributed by atoms with Gasteiger partial charge in [0.25, 0.3) is 6.02 Å². The van der Waals surface area contributed by atoms with Crippen LogP contribution in [-0.4, -0.2) is 56.0 Å². The molecule has 9 nitrogen and oxygen atoms in total. The largest absolute Gasteiger partial charge is 0.454 e. The lowest BCUT2D eigenvalue weighted by Crippen LogP contribution is -2.54. The van der Waals surface area contributed by atoms with Gasteiger partial charge in [-0.1, -0.05) is 6.08 Å². The molecule has 2 N–H and O–H groups in total. The number of hydrogen-bond donors (Lipinski definition) is 2. The van der Waals surface area contributed by atoms with Gasteiger partial charge in [0.05, 0.1) is 6.54 Å². The minimum absolute atomic E-state index is 0.276. The van der Waals surface area contributed by atoms with Crippen molar-refractivity contribution < 1.29 is 4.74 Å². The van der Waals surface area contributed by atoms with Crippen molar-refractivity contribution in [2.24, 2.45) is 10.9 Å². The molecule has 0 saturated carbocycles. The molecule has 124 valence electrons. The molecule has 1 fully saturated rings. The van der Waals surface area contributed by atoms with Gasteiger partial charge < -0.3 is 10.1 Å². The molecular weight excluding hydrogens is 308 g/mol. The van der Waals surface area contributed by atoms with Gasteiger partial charge in [0.1, 0.15) is 24.8 Å². The van der Waals surface area contributed by atoms with E-state index in [0.29, 0.717) is 24.2 Å². The second-order valence-electron chi connectivity index (χ2n) is 5.82. The third-order valence-electron chi connectivity index (χ3n) is 4.35. The van der Waals surface area contributed by atoms with Crippen LogP contribution in [0.4, 0.5) is 5.82 Å².